The van der Waals surface area contributed by atoms with E-state index in [-0.39, 0.29) is 0 Å². The number of rotatable bonds is 6. The van der Waals surface area contributed by atoms with Crippen LogP contribution in [0.5, 0.6) is 0 Å². The molecule has 0 aliphatic carbocycles. The fourth-order valence-corrected chi connectivity index (χ4v) is 0.846. The van der Waals surface area contributed by atoms with Crippen LogP contribution in [0, 0.1) is 5.41 Å². The van der Waals surface area contributed by atoms with Crippen LogP contribution in [0.3, 0.4) is 0 Å². The maximum atomic E-state index is 7.04. The molecule has 0 aromatic rings. The largest absolute Gasteiger partial charge is 0.496 e. The van der Waals surface area contributed by atoms with Gasteiger partial charge in [-0.15, -0.1) is 0 Å². The normalized spacial score (nSPS) is 14.8. The summed E-state index contributed by atoms with van der Waals surface area (Å²) < 4.78 is 5.50. The van der Waals surface area contributed by atoms with Crippen molar-refractivity contribution in [2.75, 3.05) is 13.7 Å². The van der Waals surface area contributed by atoms with Crippen LogP contribution in [0.4, 0.5) is 0 Å². The van der Waals surface area contributed by atoms with Crippen LogP contribution in [-0.4, -0.2) is 25.9 Å². The fourth-order valence-electron chi connectivity index (χ4n) is 0.846. The third-order valence-corrected chi connectivity index (χ3v) is 2.17. The topological polar surface area (TPSA) is 45.1 Å². The predicted molar refractivity (Wildman–Crippen MR) is 56.2 cm³/mol. The van der Waals surface area contributed by atoms with Gasteiger partial charge < -0.3 is 15.5 Å². The zero-order valence-electron chi connectivity index (χ0n) is 8.98. The molecular formula is C10H20N2O. The first-order chi connectivity index (χ1) is 6.15. The molecule has 76 valence electrons. The predicted octanol–water partition coefficient (Wildman–Crippen LogP) is 1.94. The first-order valence-electron chi connectivity index (χ1n) is 4.63. The molecule has 0 radical (unpaired) electrons. The highest BCUT2D eigenvalue weighted by molar-refractivity contribution is 5.75. The van der Waals surface area contributed by atoms with Crippen molar-refractivity contribution in [2.45, 2.75) is 33.2 Å². The van der Waals surface area contributed by atoms with Gasteiger partial charge in [0.15, 0.2) is 0 Å². The maximum absolute atomic E-state index is 7.04. The zero-order valence-corrected chi connectivity index (χ0v) is 8.98. The van der Waals surface area contributed by atoms with Gasteiger partial charge in [-0.05, 0) is 27.3 Å². The van der Waals surface area contributed by atoms with Crippen LogP contribution in [0.1, 0.15) is 27.2 Å². The Morgan fingerprint density at radius 3 is 2.54 bits per heavy atom. The van der Waals surface area contributed by atoms with Gasteiger partial charge in [0.1, 0.15) is 6.61 Å². The molecule has 2 N–H and O–H groups in total. The van der Waals surface area contributed by atoms with E-state index in [9.17, 15) is 0 Å². The lowest BCUT2D eigenvalue weighted by molar-refractivity contribution is 0.180. The Balaban J connectivity index is 3.94. The summed E-state index contributed by atoms with van der Waals surface area (Å²) in [6.07, 6.45) is 2.36. The minimum atomic E-state index is 0.397. The Bertz CT molecular complexity index is 183. The summed E-state index contributed by atoms with van der Waals surface area (Å²) in [5.74, 6) is 0.837. The smallest absolute Gasteiger partial charge is 0.103 e. The lowest BCUT2D eigenvalue weighted by atomic mass is 10.2. The van der Waals surface area contributed by atoms with E-state index in [1.165, 1.54) is 6.21 Å². The molecule has 1 atom stereocenters. The van der Waals surface area contributed by atoms with Crippen molar-refractivity contribution < 1.29 is 4.74 Å². The van der Waals surface area contributed by atoms with E-state index < -0.39 is 0 Å². The van der Waals surface area contributed by atoms with Gasteiger partial charge in [0, 0.05) is 17.8 Å². The SMILES string of the molecule is CC[C@H](CO/C(C)=C(\C)C=N)NC. The third-order valence-electron chi connectivity index (χ3n) is 2.17. The van der Waals surface area contributed by atoms with Crippen molar-refractivity contribution in [1.29, 1.82) is 5.41 Å². The van der Waals surface area contributed by atoms with Crippen LogP contribution < -0.4 is 5.32 Å². The number of ether oxygens (including phenoxy) is 1. The summed E-state index contributed by atoms with van der Waals surface area (Å²) in [5, 5.41) is 10.2. The standard InChI is InChI=1S/C10H20N2O/c1-5-10(12-4)7-13-9(3)8(2)6-11/h6,10-12H,5,7H2,1-4H3/b9-8+,11-6?/t10-/m1/s1. The quantitative estimate of drug-likeness (QED) is 0.489. The average Bonchev–Trinajstić information content (AvgIpc) is 2.17. The summed E-state index contributed by atoms with van der Waals surface area (Å²) in [6.45, 7) is 6.56. The number of likely N-dealkylation sites (N-methyl/N-ethyl adjacent to an activating group) is 1. The van der Waals surface area contributed by atoms with Crippen LogP contribution in [-0.2, 0) is 4.74 Å². The van der Waals surface area contributed by atoms with Gasteiger partial charge in [0.05, 0.1) is 5.76 Å². The molecule has 0 bridgehead atoms. The van der Waals surface area contributed by atoms with Crippen molar-refractivity contribution in [1.82, 2.24) is 5.32 Å². The van der Waals surface area contributed by atoms with E-state index in [1.54, 1.807) is 0 Å². The second kappa shape index (κ2) is 6.66. The van der Waals surface area contributed by atoms with Crippen molar-refractivity contribution in [3.05, 3.63) is 11.3 Å². The second-order valence-electron chi connectivity index (χ2n) is 3.09. The molecule has 0 aromatic carbocycles. The molecule has 0 saturated heterocycles. The van der Waals surface area contributed by atoms with Crippen molar-refractivity contribution in [2.24, 2.45) is 0 Å². The van der Waals surface area contributed by atoms with Gasteiger partial charge in [-0.1, -0.05) is 6.92 Å². The van der Waals surface area contributed by atoms with E-state index in [1.807, 2.05) is 20.9 Å². The van der Waals surface area contributed by atoms with Crippen molar-refractivity contribution in [3.8, 4) is 0 Å². The van der Waals surface area contributed by atoms with Gasteiger partial charge in [-0.3, -0.25) is 0 Å². The Morgan fingerprint density at radius 2 is 2.15 bits per heavy atom. The molecular weight excluding hydrogens is 164 g/mol. The lowest BCUT2D eigenvalue weighted by Gasteiger charge is -2.15. The molecule has 0 fully saturated rings. The Labute approximate surface area is 80.7 Å². The highest BCUT2D eigenvalue weighted by Gasteiger charge is 2.03. The summed E-state index contributed by atoms with van der Waals surface area (Å²) in [4.78, 5) is 0. The maximum Gasteiger partial charge on any atom is 0.103 e. The molecule has 3 heteroatoms. The Hall–Kier alpha value is -0.830. The molecule has 3 nitrogen and oxygen atoms in total. The molecule has 0 rings (SSSR count). The van der Waals surface area contributed by atoms with Crippen molar-refractivity contribution >= 4 is 6.21 Å². The van der Waals surface area contributed by atoms with Crippen LogP contribution >= 0.6 is 0 Å². The molecule has 0 amide bonds. The second-order valence-corrected chi connectivity index (χ2v) is 3.09. The first kappa shape index (κ1) is 12.2. The van der Waals surface area contributed by atoms with Gasteiger partial charge in [-0.2, -0.15) is 0 Å². The summed E-state index contributed by atoms with van der Waals surface area (Å²) in [7, 11) is 1.93. The van der Waals surface area contributed by atoms with E-state index >= 15 is 0 Å². The molecule has 0 heterocycles. The molecule has 0 aliphatic heterocycles. The molecule has 0 spiro atoms. The van der Waals surface area contributed by atoms with E-state index in [0.717, 1.165) is 17.8 Å². The molecule has 0 saturated carbocycles. The number of allylic oxidation sites excluding steroid dienone is 2. The minimum absolute atomic E-state index is 0.397. The monoisotopic (exact) mass is 184 g/mol. The highest BCUT2D eigenvalue weighted by atomic mass is 16.5. The molecule has 0 unspecified atom stereocenters. The first-order valence-corrected chi connectivity index (χ1v) is 4.63. The van der Waals surface area contributed by atoms with Crippen molar-refractivity contribution in [3.63, 3.8) is 0 Å². The fraction of sp³-hybridized carbons (Fsp3) is 0.700. The lowest BCUT2D eigenvalue weighted by Crippen LogP contribution is -2.29. The Kier molecular flexibility index (Phi) is 6.24. The van der Waals surface area contributed by atoms with Gasteiger partial charge in [0.2, 0.25) is 0 Å². The van der Waals surface area contributed by atoms with E-state index in [2.05, 4.69) is 12.2 Å². The average molecular weight is 184 g/mol. The number of nitrogens with one attached hydrogen (secondary N) is 2. The minimum Gasteiger partial charge on any atom is -0.496 e. The van der Waals surface area contributed by atoms with Gasteiger partial charge in [-0.25, -0.2) is 0 Å². The number of hydrogen-bond donors (Lipinski definition) is 2. The summed E-state index contributed by atoms with van der Waals surface area (Å²) >= 11 is 0. The molecule has 13 heavy (non-hydrogen) atoms. The Morgan fingerprint density at radius 1 is 1.54 bits per heavy atom. The number of hydrogen-bond acceptors (Lipinski definition) is 3. The zero-order chi connectivity index (χ0) is 10.3. The van der Waals surface area contributed by atoms with Crippen LogP contribution in [0.2, 0.25) is 0 Å². The highest BCUT2D eigenvalue weighted by Crippen LogP contribution is 2.04. The third kappa shape index (κ3) is 4.68. The van der Waals surface area contributed by atoms with Crippen LogP contribution in [0.25, 0.3) is 0 Å². The van der Waals surface area contributed by atoms with Gasteiger partial charge in [0.25, 0.3) is 0 Å². The van der Waals surface area contributed by atoms with Crippen LogP contribution in [0.15, 0.2) is 11.3 Å². The van der Waals surface area contributed by atoms with E-state index in [4.69, 9.17) is 10.1 Å². The summed E-state index contributed by atoms with van der Waals surface area (Å²) in [5.41, 5.74) is 0.881. The summed E-state index contributed by atoms with van der Waals surface area (Å²) in [6, 6.07) is 0.397. The van der Waals surface area contributed by atoms with E-state index in [0.29, 0.717) is 12.6 Å². The molecule has 0 aliphatic rings. The van der Waals surface area contributed by atoms with Gasteiger partial charge >= 0.3 is 0 Å². The molecule has 0 aromatic heterocycles.